The van der Waals surface area contributed by atoms with Gasteiger partial charge in [-0.05, 0) is 19.3 Å². The number of halogens is 1. The van der Waals surface area contributed by atoms with Gasteiger partial charge in [0.1, 0.15) is 11.5 Å². The fraction of sp³-hybridized carbons (Fsp3) is 0.615. The quantitative estimate of drug-likeness (QED) is 0.885. The van der Waals surface area contributed by atoms with E-state index in [1.54, 1.807) is 0 Å². The average Bonchev–Trinajstić information content (AvgIpc) is 2.34. The number of nitrogens with one attached hydrogen (secondary N) is 1. The van der Waals surface area contributed by atoms with Crippen molar-refractivity contribution in [1.29, 1.82) is 0 Å². The van der Waals surface area contributed by atoms with Crippen molar-refractivity contribution in [3.8, 4) is 0 Å². The normalized spacial score (nSPS) is 17.1. The molecule has 2 rings (SSSR count). The number of aliphatic hydroxyl groups is 1. The minimum Gasteiger partial charge on any atom is -0.388 e. The fourth-order valence-corrected chi connectivity index (χ4v) is 2.09. The highest BCUT2D eigenvalue weighted by Gasteiger charge is 2.34. The molecule has 19 heavy (non-hydrogen) atoms. The van der Waals surface area contributed by atoms with Crippen molar-refractivity contribution in [1.82, 2.24) is 15.3 Å². The van der Waals surface area contributed by atoms with E-state index in [0.29, 0.717) is 5.82 Å². The lowest BCUT2D eigenvalue weighted by Crippen LogP contribution is -2.48. The van der Waals surface area contributed by atoms with Gasteiger partial charge in [0.2, 0.25) is 0 Å². The Bertz CT molecular complexity index is 487. The summed E-state index contributed by atoms with van der Waals surface area (Å²) < 4.78 is 0. The molecule has 6 heteroatoms. The predicted octanol–water partition coefficient (Wildman–Crippen LogP) is 1.90. The van der Waals surface area contributed by atoms with Crippen LogP contribution in [0.1, 0.15) is 55.3 Å². The smallest absolute Gasteiger partial charge is 0.271 e. The van der Waals surface area contributed by atoms with E-state index >= 15 is 0 Å². The van der Waals surface area contributed by atoms with Crippen molar-refractivity contribution in [2.24, 2.45) is 0 Å². The van der Waals surface area contributed by atoms with Gasteiger partial charge in [-0.2, -0.15) is 0 Å². The van der Waals surface area contributed by atoms with Gasteiger partial charge in [-0.15, -0.1) is 0 Å². The van der Waals surface area contributed by atoms with Crippen LogP contribution in [0.5, 0.6) is 0 Å². The Morgan fingerprint density at radius 3 is 2.79 bits per heavy atom. The summed E-state index contributed by atoms with van der Waals surface area (Å²) in [7, 11) is 0. The molecule has 1 aliphatic rings. The van der Waals surface area contributed by atoms with Crippen molar-refractivity contribution < 1.29 is 9.90 Å². The summed E-state index contributed by atoms with van der Waals surface area (Å²) in [4.78, 5) is 20.3. The maximum atomic E-state index is 12.0. The van der Waals surface area contributed by atoms with Crippen LogP contribution in [0.2, 0.25) is 5.02 Å². The van der Waals surface area contributed by atoms with E-state index < -0.39 is 5.60 Å². The second-order valence-corrected chi connectivity index (χ2v) is 5.75. The first-order chi connectivity index (χ1) is 8.91. The molecule has 1 aromatic heterocycles. The van der Waals surface area contributed by atoms with Gasteiger partial charge in [-0.1, -0.05) is 25.4 Å². The van der Waals surface area contributed by atoms with Gasteiger partial charge in [0, 0.05) is 12.5 Å². The Morgan fingerprint density at radius 2 is 2.26 bits per heavy atom. The van der Waals surface area contributed by atoms with Crippen molar-refractivity contribution >= 4 is 17.5 Å². The van der Waals surface area contributed by atoms with Crippen LogP contribution < -0.4 is 5.32 Å². The average molecular weight is 284 g/mol. The van der Waals surface area contributed by atoms with E-state index in [4.69, 9.17) is 11.6 Å². The Morgan fingerprint density at radius 1 is 1.58 bits per heavy atom. The molecule has 1 fully saturated rings. The highest BCUT2D eigenvalue weighted by molar-refractivity contribution is 6.33. The fourth-order valence-electron chi connectivity index (χ4n) is 1.91. The van der Waals surface area contributed by atoms with Crippen LogP contribution in [0.4, 0.5) is 0 Å². The monoisotopic (exact) mass is 283 g/mol. The molecule has 0 aromatic carbocycles. The van der Waals surface area contributed by atoms with E-state index in [2.05, 4.69) is 15.3 Å². The Balaban J connectivity index is 2.07. The molecular weight excluding hydrogens is 266 g/mol. The maximum absolute atomic E-state index is 12.0. The number of carbonyl (C=O) groups is 1. The molecule has 1 aliphatic carbocycles. The van der Waals surface area contributed by atoms with Crippen LogP contribution in [0.3, 0.4) is 0 Å². The third-order valence-electron chi connectivity index (χ3n) is 3.36. The van der Waals surface area contributed by atoms with Crippen LogP contribution in [-0.2, 0) is 0 Å². The molecule has 0 atom stereocenters. The lowest BCUT2D eigenvalue weighted by molar-refractivity contribution is -0.0300. The number of amides is 1. The van der Waals surface area contributed by atoms with Crippen molar-refractivity contribution in [3.05, 3.63) is 22.7 Å². The molecule has 0 saturated heterocycles. The largest absolute Gasteiger partial charge is 0.388 e. The molecular formula is C13H18ClN3O2. The van der Waals surface area contributed by atoms with E-state index in [9.17, 15) is 9.90 Å². The maximum Gasteiger partial charge on any atom is 0.271 e. The lowest BCUT2D eigenvalue weighted by atomic mass is 9.80. The van der Waals surface area contributed by atoms with E-state index in [-0.39, 0.29) is 29.1 Å². The molecule has 1 heterocycles. The van der Waals surface area contributed by atoms with Crippen molar-refractivity contribution in [3.63, 3.8) is 0 Å². The van der Waals surface area contributed by atoms with Crippen molar-refractivity contribution in [2.75, 3.05) is 6.54 Å². The van der Waals surface area contributed by atoms with Crippen LogP contribution in [-0.4, -0.2) is 33.1 Å². The Labute approximate surface area is 117 Å². The second kappa shape index (κ2) is 5.43. The Hall–Kier alpha value is -1.20. The minimum absolute atomic E-state index is 0.125. The lowest BCUT2D eigenvalue weighted by Gasteiger charge is -2.36. The zero-order valence-corrected chi connectivity index (χ0v) is 11.9. The second-order valence-electron chi connectivity index (χ2n) is 5.34. The molecule has 1 saturated carbocycles. The number of nitrogens with zero attached hydrogens (tertiary/aromatic N) is 2. The summed E-state index contributed by atoms with van der Waals surface area (Å²) in [6.45, 7) is 4.13. The number of aromatic nitrogens is 2. The molecule has 2 N–H and O–H groups in total. The molecule has 0 spiro atoms. The highest BCUT2D eigenvalue weighted by Crippen LogP contribution is 2.30. The minimum atomic E-state index is -0.754. The van der Waals surface area contributed by atoms with Crippen molar-refractivity contribution in [2.45, 2.75) is 44.6 Å². The number of rotatable bonds is 4. The van der Waals surface area contributed by atoms with Gasteiger partial charge in [-0.25, -0.2) is 9.97 Å². The summed E-state index contributed by atoms with van der Waals surface area (Å²) in [6.07, 6.45) is 3.89. The summed E-state index contributed by atoms with van der Waals surface area (Å²) in [5, 5.41) is 12.8. The van der Waals surface area contributed by atoms with Crippen LogP contribution >= 0.6 is 11.6 Å². The summed E-state index contributed by atoms with van der Waals surface area (Å²) in [5.41, 5.74) is -0.584. The topological polar surface area (TPSA) is 75.1 Å². The molecule has 0 bridgehead atoms. The molecule has 1 amide bonds. The van der Waals surface area contributed by atoms with Crippen LogP contribution in [0.15, 0.2) is 6.20 Å². The number of hydrogen-bond donors (Lipinski definition) is 2. The molecule has 5 nitrogen and oxygen atoms in total. The zero-order valence-electron chi connectivity index (χ0n) is 11.1. The SMILES string of the molecule is CC(C)c1ncc(Cl)c(C(=O)NCC2(O)CCC2)n1. The van der Waals surface area contributed by atoms with Gasteiger partial charge < -0.3 is 10.4 Å². The van der Waals surface area contributed by atoms with Crippen LogP contribution in [0.25, 0.3) is 0 Å². The van der Waals surface area contributed by atoms with Gasteiger partial charge in [0.25, 0.3) is 5.91 Å². The summed E-state index contributed by atoms with van der Waals surface area (Å²) in [5.74, 6) is 0.339. The standard InChI is InChI=1S/C13H18ClN3O2/c1-8(2)11-15-6-9(14)10(17-11)12(18)16-7-13(19)4-3-5-13/h6,8,19H,3-5,7H2,1-2H3,(H,16,18). The first-order valence-corrected chi connectivity index (χ1v) is 6.82. The third kappa shape index (κ3) is 3.22. The number of hydrogen-bond acceptors (Lipinski definition) is 4. The van der Waals surface area contributed by atoms with Gasteiger partial charge >= 0.3 is 0 Å². The first-order valence-electron chi connectivity index (χ1n) is 6.44. The molecule has 0 radical (unpaired) electrons. The first kappa shape index (κ1) is 14.2. The van der Waals surface area contributed by atoms with E-state index in [1.807, 2.05) is 13.8 Å². The number of carbonyl (C=O) groups excluding carboxylic acids is 1. The molecule has 0 unspecified atom stereocenters. The molecule has 104 valence electrons. The van der Waals surface area contributed by atoms with E-state index in [0.717, 1.165) is 19.3 Å². The van der Waals surface area contributed by atoms with Gasteiger partial charge in [0.15, 0.2) is 0 Å². The highest BCUT2D eigenvalue weighted by atomic mass is 35.5. The van der Waals surface area contributed by atoms with Gasteiger partial charge in [-0.3, -0.25) is 4.79 Å². The summed E-state index contributed by atoms with van der Waals surface area (Å²) in [6, 6.07) is 0. The van der Waals surface area contributed by atoms with Gasteiger partial charge in [0.05, 0.1) is 16.8 Å². The third-order valence-corrected chi connectivity index (χ3v) is 3.63. The summed E-state index contributed by atoms with van der Waals surface area (Å²) >= 11 is 5.95. The molecule has 0 aliphatic heterocycles. The zero-order chi connectivity index (χ0) is 14.0. The Kier molecular flexibility index (Phi) is 4.06. The van der Waals surface area contributed by atoms with Crippen LogP contribution in [0, 0.1) is 0 Å². The molecule has 1 aromatic rings. The predicted molar refractivity (Wildman–Crippen MR) is 72.3 cm³/mol. The van der Waals surface area contributed by atoms with E-state index in [1.165, 1.54) is 6.20 Å².